The fraction of sp³-hybridized carbons (Fsp3) is 0.728. The van der Waals surface area contributed by atoms with Gasteiger partial charge < -0.3 is 33.8 Å². The van der Waals surface area contributed by atoms with Gasteiger partial charge in [0.2, 0.25) is 0 Å². The first kappa shape index (κ1) is 95.7. The van der Waals surface area contributed by atoms with Gasteiger partial charge in [-0.3, -0.25) is 37.3 Å². The van der Waals surface area contributed by atoms with Crippen LogP contribution >= 0.6 is 15.6 Å². The number of aliphatic hydroxyl groups is 1. The van der Waals surface area contributed by atoms with Crippen molar-refractivity contribution >= 4 is 39.5 Å². The second-order valence-electron chi connectivity index (χ2n) is 26.0. The van der Waals surface area contributed by atoms with Crippen LogP contribution in [0.4, 0.5) is 0 Å². The van der Waals surface area contributed by atoms with Crippen LogP contribution in [-0.4, -0.2) is 96.7 Å². The number of rotatable bonds is 73. The van der Waals surface area contributed by atoms with Crippen molar-refractivity contribution in [2.75, 3.05) is 39.6 Å². The van der Waals surface area contributed by atoms with Crippen LogP contribution in [0.1, 0.15) is 323 Å². The van der Waals surface area contributed by atoms with Crippen molar-refractivity contribution in [2.24, 2.45) is 0 Å². The Balaban J connectivity index is 5.43. The summed E-state index contributed by atoms with van der Waals surface area (Å²) in [4.78, 5) is 72.9. The fourth-order valence-corrected chi connectivity index (χ4v) is 11.7. The number of aliphatic hydroxyl groups excluding tert-OH is 1. The summed E-state index contributed by atoms with van der Waals surface area (Å²) >= 11 is 0. The molecule has 0 radical (unpaired) electrons. The highest BCUT2D eigenvalue weighted by atomic mass is 31.2. The first-order valence-electron chi connectivity index (χ1n) is 39.1. The summed E-state index contributed by atoms with van der Waals surface area (Å²) in [6, 6.07) is 0. The summed E-state index contributed by atoms with van der Waals surface area (Å²) < 4.78 is 68.4. The molecule has 0 fully saturated rings. The fourth-order valence-electron chi connectivity index (χ4n) is 10.2. The summed E-state index contributed by atoms with van der Waals surface area (Å²) in [6.45, 7) is 4.69. The number of allylic oxidation sites excluding steroid dienone is 18. The van der Waals surface area contributed by atoms with Crippen LogP contribution in [0.3, 0.4) is 0 Å². The van der Waals surface area contributed by atoms with Crippen LogP contribution in [-0.2, 0) is 65.4 Å². The molecule has 0 aliphatic heterocycles. The van der Waals surface area contributed by atoms with Gasteiger partial charge in [-0.25, -0.2) is 9.13 Å². The van der Waals surface area contributed by atoms with Gasteiger partial charge in [-0.05, 0) is 148 Å². The van der Waals surface area contributed by atoms with Crippen molar-refractivity contribution in [3.8, 4) is 0 Å². The van der Waals surface area contributed by atoms with Gasteiger partial charge in [0.1, 0.15) is 19.3 Å². The van der Waals surface area contributed by atoms with Crippen LogP contribution in [0.5, 0.6) is 0 Å². The average molecular weight is 1450 g/mol. The number of hydrogen-bond donors (Lipinski definition) is 3. The lowest BCUT2D eigenvalue weighted by molar-refractivity contribution is -0.161. The van der Waals surface area contributed by atoms with Crippen molar-refractivity contribution in [3.05, 3.63) is 109 Å². The lowest BCUT2D eigenvalue weighted by atomic mass is 10.1. The number of ether oxygens (including phenoxy) is 4. The van der Waals surface area contributed by atoms with Crippen LogP contribution in [0, 0.1) is 0 Å². The third-order valence-corrected chi connectivity index (χ3v) is 18.1. The predicted octanol–water partition coefficient (Wildman–Crippen LogP) is 22.6. The van der Waals surface area contributed by atoms with E-state index in [2.05, 4.69) is 125 Å². The zero-order chi connectivity index (χ0) is 73.2. The molecule has 0 rings (SSSR count). The van der Waals surface area contributed by atoms with Crippen molar-refractivity contribution in [1.82, 2.24) is 0 Å². The predicted molar refractivity (Wildman–Crippen MR) is 408 cm³/mol. The highest BCUT2D eigenvalue weighted by Gasteiger charge is 2.30. The quantitative estimate of drug-likeness (QED) is 0.0128. The van der Waals surface area contributed by atoms with Crippen LogP contribution in [0.25, 0.3) is 0 Å². The van der Waals surface area contributed by atoms with Crippen molar-refractivity contribution in [3.63, 3.8) is 0 Å². The Morgan fingerprint density at radius 2 is 0.530 bits per heavy atom. The molecule has 0 aromatic carbocycles. The van der Waals surface area contributed by atoms with E-state index >= 15 is 0 Å². The molecule has 5 atom stereocenters. The normalized spacial score (nSPS) is 14.5. The number of carbonyl (C=O) groups excluding carboxylic acids is 4. The van der Waals surface area contributed by atoms with Crippen LogP contribution in [0.2, 0.25) is 0 Å². The van der Waals surface area contributed by atoms with Gasteiger partial charge in [0.25, 0.3) is 0 Å². The molecule has 0 saturated carbocycles. The minimum absolute atomic E-state index is 0.0144. The maximum atomic E-state index is 13.1. The summed E-state index contributed by atoms with van der Waals surface area (Å²) in [5, 5.41) is 10.6. The molecular weight excluding hydrogens is 1310 g/mol. The molecule has 2 unspecified atom stereocenters. The third-order valence-electron chi connectivity index (χ3n) is 16.2. The number of unbranched alkanes of at least 4 members (excludes halogenated alkanes) is 30. The average Bonchev–Trinajstić information content (AvgIpc) is 0.962. The lowest BCUT2D eigenvalue weighted by Gasteiger charge is -2.21. The Kier molecular flexibility index (Phi) is 69.9. The minimum Gasteiger partial charge on any atom is -0.462 e. The Hall–Kier alpha value is -4.28. The monoisotopic (exact) mass is 1450 g/mol. The van der Waals surface area contributed by atoms with E-state index in [1.54, 1.807) is 0 Å². The third kappa shape index (κ3) is 72.1. The molecule has 0 aromatic heterocycles. The Bertz CT molecular complexity index is 2320. The zero-order valence-electron chi connectivity index (χ0n) is 62.8. The summed E-state index contributed by atoms with van der Waals surface area (Å²) in [7, 11) is -9.98. The Morgan fingerprint density at radius 1 is 0.290 bits per heavy atom. The Labute approximate surface area is 607 Å². The van der Waals surface area contributed by atoms with E-state index in [0.29, 0.717) is 32.1 Å². The molecule has 0 heterocycles. The molecule has 0 saturated heterocycles. The summed E-state index contributed by atoms with van der Waals surface area (Å²) in [5.74, 6) is -2.28. The van der Waals surface area contributed by atoms with E-state index < -0.39 is 97.5 Å². The molecule has 17 nitrogen and oxygen atoms in total. The van der Waals surface area contributed by atoms with Gasteiger partial charge in [0.15, 0.2) is 12.2 Å². The molecule has 0 bridgehead atoms. The van der Waals surface area contributed by atoms with E-state index in [1.807, 2.05) is 12.2 Å². The summed E-state index contributed by atoms with van der Waals surface area (Å²) in [6.07, 6.45) is 77.9. The van der Waals surface area contributed by atoms with E-state index in [0.717, 1.165) is 148 Å². The first-order valence-corrected chi connectivity index (χ1v) is 42.1. The minimum atomic E-state index is -4.99. The van der Waals surface area contributed by atoms with E-state index in [-0.39, 0.29) is 25.7 Å². The van der Waals surface area contributed by atoms with Crippen LogP contribution in [0.15, 0.2) is 109 Å². The molecule has 0 aromatic rings. The van der Waals surface area contributed by atoms with Gasteiger partial charge in [0, 0.05) is 25.7 Å². The van der Waals surface area contributed by atoms with E-state index in [9.17, 15) is 43.2 Å². The number of carbonyl (C=O) groups is 4. The van der Waals surface area contributed by atoms with Gasteiger partial charge in [-0.2, -0.15) is 0 Å². The smallest absolute Gasteiger partial charge is 0.462 e. The summed E-state index contributed by atoms with van der Waals surface area (Å²) in [5.41, 5.74) is 0. The largest absolute Gasteiger partial charge is 0.472 e. The lowest BCUT2D eigenvalue weighted by Crippen LogP contribution is -2.30. The zero-order valence-corrected chi connectivity index (χ0v) is 64.6. The highest BCUT2D eigenvalue weighted by Crippen LogP contribution is 2.45. The van der Waals surface area contributed by atoms with Crippen LogP contribution < -0.4 is 0 Å². The second-order valence-corrected chi connectivity index (χ2v) is 28.9. The van der Waals surface area contributed by atoms with E-state index in [4.69, 9.17) is 37.0 Å². The molecule has 19 heteroatoms. The Morgan fingerprint density at radius 3 is 0.880 bits per heavy atom. The topological polar surface area (TPSA) is 237 Å². The van der Waals surface area contributed by atoms with Gasteiger partial charge in [0.05, 0.1) is 26.4 Å². The standard InChI is InChI=1S/C81H140O17P2/c1-5-9-13-17-21-25-29-33-36-37-40-44-48-52-56-60-64-68-81(86)98-77(72-92-79(84)66-62-58-54-50-46-43-39-35-31-27-23-19-15-11-7-3)74-96-100(89,90)94-70-75(82)69-93-99(87,88)95-73-76(97-80(85)67-63-59-55-51-47-41-32-28-24-20-16-12-8-4)71-91-78(83)65-61-57-53-49-45-42-38-34-30-26-22-18-14-10-6-2/h21-22,25-28,31-36,38-40,44,52,56,75-77,82H,5-20,23-24,29-30,37,41-43,45-51,53-55,57-74H2,1-4H3,(H,87,88)(H,89,90)/b25-21-,26-22-,31-27-,32-28-,36-33-,38-34-,39-35-,44-40-,56-52-/t75-,76-,77-/m1/s1. The van der Waals surface area contributed by atoms with Gasteiger partial charge >= 0.3 is 39.5 Å². The molecule has 576 valence electrons. The van der Waals surface area contributed by atoms with Crippen molar-refractivity contribution in [2.45, 2.75) is 341 Å². The van der Waals surface area contributed by atoms with E-state index in [1.165, 1.54) is 89.9 Å². The maximum absolute atomic E-state index is 13.1. The molecule has 0 aliphatic rings. The molecule has 100 heavy (non-hydrogen) atoms. The van der Waals surface area contributed by atoms with Gasteiger partial charge in [-0.15, -0.1) is 0 Å². The van der Waals surface area contributed by atoms with Crippen molar-refractivity contribution < 1.29 is 80.2 Å². The maximum Gasteiger partial charge on any atom is 0.472 e. The number of hydrogen-bond acceptors (Lipinski definition) is 15. The molecule has 3 N–H and O–H groups in total. The molecule has 0 aliphatic carbocycles. The van der Waals surface area contributed by atoms with Gasteiger partial charge in [-0.1, -0.05) is 259 Å². The first-order chi connectivity index (χ1) is 48.7. The highest BCUT2D eigenvalue weighted by molar-refractivity contribution is 7.47. The molecule has 0 spiro atoms. The molecular formula is C81H140O17P2. The number of esters is 4. The number of phosphoric ester groups is 2. The number of phosphoric acid groups is 2. The van der Waals surface area contributed by atoms with Crippen molar-refractivity contribution in [1.29, 1.82) is 0 Å². The SMILES string of the molecule is CCCCC/C=C\C/C=C\C/C=C\C/C=C\CCCC(=O)O[C@H](COC(=O)CCCCCCC/C=C\C=C/CCCCCC)COP(=O)(O)OC[C@H](O)COP(=O)(O)OC[C@@H](COC(=O)CCCCCCC/C=C\C/C=C\CCCCC)OC(=O)CCCCCCC/C=C\CCCCCC. The second kappa shape index (κ2) is 73.0. The molecule has 0 amide bonds.